The minimum atomic E-state index is 0.193. The highest BCUT2D eigenvalue weighted by atomic mass is 16.5. The fourth-order valence-electron chi connectivity index (χ4n) is 3.28. The minimum Gasteiger partial charge on any atom is -0.396 e. The maximum Gasteiger partial charge on any atom is 0.0487 e. The molecule has 0 aromatic heterocycles. The van der Waals surface area contributed by atoms with Gasteiger partial charge in [0.15, 0.2) is 0 Å². The largest absolute Gasteiger partial charge is 0.396 e. The fraction of sp³-hybridized carbons (Fsp3) is 1.00. The molecule has 0 unspecified atom stereocenters. The van der Waals surface area contributed by atoms with E-state index < -0.39 is 0 Å². The Hall–Kier alpha value is -0.0800. The monoisotopic (exact) mass is 256 g/mol. The van der Waals surface area contributed by atoms with Gasteiger partial charge in [-0.2, -0.15) is 0 Å². The van der Waals surface area contributed by atoms with Crippen LogP contribution in [0.3, 0.4) is 0 Å². The van der Waals surface area contributed by atoms with Gasteiger partial charge in [0, 0.05) is 19.8 Å². The average Bonchev–Trinajstić information content (AvgIpc) is 2.34. The first kappa shape index (κ1) is 16.0. The number of hydrogen-bond donors (Lipinski definition) is 1. The van der Waals surface area contributed by atoms with Gasteiger partial charge >= 0.3 is 0 Å². The van der Waals surface area contributed by atoms with Crippen LogP contribution in [-0.4, -0.2) is 24.9 Å². The van der Waals surface area contributed by atoms with Crippen molar-refractivity contribution < 1.29 is 9.84 Å². The van der Waals surface area contributed by atoms with Crippen LogP contribution in [0.5, 0.6) is 0 Å². The van der Waals surface area contributed by atoms with Crippen LogP contribution in [0.2, 0.25) is 0 Å². The number of aliphatic hydroxyl groups is 1. The lowest BCUT2D eigenvalue weighted by molar-refractivity contribution is 0.0218. The lowest BCUT2D eigenvalue weighted by Gasteiger charge is -2.43. The molecule has 0 saturated heterocycles. The van der Waals surface area contributed by atoms with Crippen molar-refractivity contribution in [1.29, 1.82) is 0 Å². The molecule has 0 atom stereocenters. The predicted molar refractivity (Wildman–Crippen MR) is 76.7 cm³/mol. The van der Waals surface area contributed by atoms with E-state index in [2.05, 4.69) is 20.8 Å². The summed E-state index contributed by atoms with van der Waals surface area (Å²) in [7, 11) is 0. The summed E-state index contributed by atoms with van der Waals surface area (Å²) in [6.45, 7) is 11.1. The Kier molecular flexibility index (Phi) is 6.13. The topological polar surface area (TPSA) is 29.5 Å². The Bertz CT molecular complexity index is 222. The van der Waals surface area contributed by atoms with Crippen LogP contribution in [0.4, 0.5) is 0 Å². The lowest BCUT2D eigenvalue weighted by Crippen LogP contribution is -2.35. The van der Waals surface area contributed by atoms with Crippen LogP contribution >= 0.6 is 0 Å². The van der Waals surface area contributed by atoms with E-state index in [1.54, 1.807) is 0 Å². The van der Waals surface area contributed by atoms with Gasteiger partial charge < -0.3 is 9.84 Å². The zero-order chi connectivity index (χ0) is 13.6. The molecule has 1 aliphatic rings. The first-order valence-electron chi connectivity index (χ1n) is 7.62. The van der Waals surface area contributed by atoms with Crippen molar-refractivity contribution in [3.05, 3.63) is 0 Å². The molecule has 1 rings (SSSR count). The third kappa shape index (κ3) is 4.55. The van der Waals surface area contributed by atoms with E-state index in [9.17, 15) is 5.11 Å². The summed E-state index contributed by atoms with van der Waals surface area (Å²) in [4.78, 5) is 0. The van der Waals surface area contributed by atoms with Gasteiger partial charge in [0.1, 0.15) is 0 Å². The van der Waals surface area contributed by atoms with Crippen LogP contribution in [0.25, 0.3) is 0 Å². The molecule has 1 saturated carbocycles. The van der Waals surface area contributed by atoms with Crippen molar-refractivity contribution >= 4 is 0 Å². The maximum absolute atomic E-state index is 9.75. The molecule has 0 bridgehead atoms. The summed E-state index contributed by atoms with van der Waals surface area (Å²) in [6, 6.07) is 0. The lowest BCUT2D eigenvalue weighted by atomic mass is 9.63. The van der Waals surface area contributed by atoms with Gasteiger partial charge in [-0.25, -0.2) is 0 Å². The third-order valence-electron chi connectivity index (χ3n) is 4.81. The van der Waals surface area contributed by atoms with E-state index in [4.69, 9.17) is 4.74 Å². The van der Waals surface area contributed by atoms with Gasteiger partial charge in [0.2, 0.25) is 0 Å². The average molecular weight is 256 g/mol. The molecule has 2 heteroatoms. The first-order valence-corrected chi connectivity index (χ1v) is 7.62. The van der Waals surface area contributed by atoms with E-state index >= 15 is 0 Å². The summed E-state index contributed by atoms with van der Waals surface area (Å²) < 4.78 is 5.41. The van der Waals surface area contributed by atoms with Crippen molar-refractivity contribution in [3.63, 3.8) is 0 Å². The van der Waals surface area contributed by atoms with Gasteiger partial charge in [-0.1, -0.05) is 20.8 Å². The normalized spacial score (nSPS) is 29.5. The second-order valence-electron chi connectivity index (χ2n) is 7.10. The van der Waals surface area contributed by atoms with Crippen LogP contribution < -0.4 is 0 Å². The number of ether oxygens (including phenoxy) is 1. The van der Waals surface area contributed by atoms with Crippen LogP contribution in [0.1, 0.15) is 66.2 Å². The molecule has 108 valence electrons. The quantitative estimate of drug-likeness (QED) is 0.727. The summed E-state index contributed by atoms with van der Waals surface area (Å²) in [6.07, 6.45) is 7.15. The van der Waals surface area contributed by atoms with Crippen molar-refractivity contribution in [2.75, 3.05) is 19.8 Å². The molecule has 1 N–H and O–H groups in total. The van der Waals surface area contributed by atoms with Gasteiger partial charge in [-0.3, -0.25) is 0 Å². The molecular formula is C16H32O2. The van der Waals surface area contributed by atoms with Gasteiger partial charge in [-0.15, -0.1) is 0 Å². The number of hydrogen-bond acceptors (Lipinski definition) is 2. The van der Waals surface area contributed by atoms with Crippen molar-refractivity contribution in [2.45, 2.75) is 66.2 Å². The zero-order valence-corrected chi connectivity index (χ0v) is 12.8. The molecule has 0 radical (unpaired) electrons. The molecule has 0 spiro atoms. The second kappa shape index (κ2) is 6.91. The van der Waals surface area contributed by atoms with Gasteiger partial charge in [-0.05, 0) is 62.2 Å². The Morgan fingerprint density at radius 3 is 2.28 bits per heavy atom. The van der Waals surface area contributed by atoms with E-state index in [-0.39, 0.29) is 5.41 Å². The highest BCUT2D eigenvalue weighted by Gasteiger charge is 2.37. The molecule has 0 heterocycles. The summed E-state index contributed by atoms with van der Waals surface area (Å²) >= 11 is 0. The van der Waals surface area contributed by atoms with Crippen molar-refractivity contribution in [1.82, 2.24) is 0 Å². The molecule has 1 aliphatic carbocycles. The minimum absolute atomic E-state index is 0.193. The first-order chi connectivity index (χ1) is 8.43. The summed E-state index contributed by atoms with van der Waals surface area (Å²) in [5, 5.41) is 9.75. The number of aliphatic hydroxyl groups excluding tert-OH is 1. The Morgan fingerprint density at radius 2 is 1.83 bits per heavy atom. The van der Waals surface area contributed by atoms with Crippen LogP contribution in [-0.2, 0) is 4.74 Å². The maximum atomic E-state index is 9.75. The summed E-state index contributed by atoms with van der Waals surface area (Å²) in [5.41, 5.74) is 0.617. The highest BCUT2D eigenvalue weighted by Crippen LogP contribution is 2.47. The molecule has 1 fully saturated rings. The van der Waals surface area contributed by atoms with E-state index in [1.807, 2.05) is 6.92 Å². The Labute approximate surface area is 113 Å². The Balaban J connectivity index is 2.40. The van der Waals surface area contributed by atoms with Crippen molar-refractivity contribution in [2.24, 2.45) is 16.7 Å². The van der Waals surface area contributed by atoms with Gasteiger partial charge in [0.25, 0.3) is 0 Å². The smallest absolute Gasteiger partial charge is 0.0487 e. The Morgan fingerprint density at radius 1 is 1.22 bits per heavy atom. The van der Waals surface area contributed by atoms with Crippen LogP contribution in [0, 0.1) is 16.7 Å². The SMILES string of the molecule is CCOCCCC1(CO)CCC(C(C)(C)C)CC1. The molecule has 0 aliphatic heterocycles. The molecular weight excluding hydrogens is 224 g/mol. The van der Waals surface area contributed by atoms with E-state index in [0.29, 0.717) is 12.0 Å². The fourth-order valence-corrected chi connectivity index (χ4v) is 3.28. The molecule has 2 nitrogen and oxygen atoms in total. The standard InChI is InChI=1S/C16H32O2/c1-5-18-12-6-9-16(13-17)10-7-14(8-11-16)15(2,3)4/h14,17H,5-13H2,1-4H3. The third-order valence-corrected chi connectivity index (χ3v) is 4.81. The second-order valence-corrected chi connectivity index (χ2v) is 7.10. The molecule has 0 aromatic rings. The van der Waals surface area contributed by atoms with E-state index in [1.165, 1.54) is 25.7 Å². The molecule has 18 heavy (non-hydrogen) atoms. The van der Waals surface area contributed by atoms with Crippen molar-refractivity contribution in [3.8, 4) is 0 Å². The molecule has 0 amide bonds. The highest BCUT2D eigenvalue weighted by molar-refractivity contribution is 4.88. The summed E-state index contributed by atoms with van der Waals surface area (Å²) in [5.74, 6) is 0.823. The predicted octanol–water partition coefficient (Wildman–Crippen LogP) is 4.02. The van der Waals surface area contributed by atoms with Gasteiger partial charge in [0.05, 0.1) is 0 Å². The van der Waals surface area contributed by atoms with E-state index in [0.717, 1.165) is 32.0 Å². The zero-order valence-electron chi connectivity index (χ0n) is 12.8. The molecule has 0 aromatic carbocycles. The number of rotatable bonds is 6. The van der Waals surface area contributed by atoms with Crippen LogP contribution in [0.15, 0.2) is 0 Å².